The largest absolute Gasteiger partial charge is 0.494 e. The number of carboxylic acids is 1. The highest BCUT2D eigenvalue weighted by atomic mass is 16.5. The van der Waals surface area contributed by atoms with E-state index in [0.29, 0.717) is 43.5 Å². The first-order valence-electron chi connectivity index (χ1n) is 7.10. The van der Waals surface area contributed by atoms with Gasteiger partial charge in [0.15, 0.2) is 0 Å². The Balaban J connectivity index is 2.39. The second-order valence-electron chi connectivity index (χ2n) is 5.22. The average Bonchev–Trinajstić information content (AvgIpc) is 2.92. The maximum Gasteiger partial charge on any atom is 0.329 e. The predicted molar refractivity (Wildman–Crippen MR) is 76.3 cm³/mol. The molecule has 0 saturated carbocycles. The summed E-state index contributed by atoms with van der Waals surface area (Å²) < 4.78 is 5.16. The van der Waals surface area contributed by atoms with Crippen LogP contribution in [0.2, 0.25) is 0 Å². The van der Waals surface area contributed by atoms with Crippen molar-refractivity contribution in [2.45, 2.75) is 38.1 Å². The number of nitrogens with zero attached hydrogens (tertiary/aromatic N) is 2. The smallest absolute Gasteiger partial charge is 0.329 e. The minimum absolute atomic E-state index is 0.303. The molecule has 2 heterocycles. The lowest BCUT2D eigenvalue weighted by Crippen LogP contribution is -2.53. The highest BCUT2D eigenvalue weighted by molar-refractivity contribution is 6.00. The normalized spacial score (nSPS) is 21.3. The number of ether oxygens (including phenoxy) is 1. The third kappa shape index (κ3) is 2.57. The summed E-state index contributed by atoms with van der Waals surface area (Å²) in [5, 5.41) is 9.65. The first-order valence-corrected chi connectivity index (χ1v) is 7.10. The molecule has 1 aromatic rings. The fraction of sp³-hybridized carbons (Fsp3) is 0.533. The van der Waals surface area contributed by atoms with Crippen molar-refractivity contribution in [1.29, 1.82) is 0 Å². The summed E-state index contributed by atoms with van der Waals surface area (Å²) in [5.74, 6) is -0.865. The second kappa shape index (κ2) is 6.11. The van der Waals surface area contributed by atoms with E-state index >= 15 is 0 Å². The molecule has 1 amide bonds. The van der Waals surface area contributed by atoms with E-state index in [4.69, 9.17) is 4.74 Å². The van der Waals surface area contributed by atoms with Crippen LogP contribution in [0, 0.1) is 0 Å². The van der Waals surface area contributed by atoms with Crippen LogP contribution in [0.15, 0.2) is 18.5 Å². The van der Waals surface area contributed by atoms with Crippen LogP contribution in [0.4, 0.5) is 0 Å². The molecule has 0 radical (unpaired) electrons. The van der Waals surface area contributed by atoms with Crippen molar-refractivity contribution in [2.24, 2.45) is 0 Å². The Bertz CT molecular complexity index is 546. The van der Waals surface area contributed by atoms with E-state index in [1.165, 1.54) is 24.4 Å². The molecule has 6 nitrogen and oxygen atoms in total. The molecule has 2 rings (SSSR count). The van der Waals surface area contributed by atoms with Gasteiger partial charge in [-0.25, -0.2) is 4.79 Å². The molecule has 1 aromatic heterocycles. The lowest BCUT2D eigenvalue weighted by molar-refractivity contribution is -0.148. The van der Waals surface area contributed by atoms with Crippen molar-refractivity contribution in [1.82, 2.24) is 9.88 Å². The summed E-state index contributed by atoms with van der Waals surface area (Å²) in [4.78, 5) is 30.0. The number of aliphatic carboxylic acids is 1. The summed E-state index contributed by atoms with van der Waals surface area (Å²) in [6.45, 7) is 2.38. The SMILES string of the molecule is CCCC1(C(=O)O)CCCN1C(=O)c1ccncc1OC. The summed E-state index contributed by atoms with van der Waals surface area (Å²) >= 11 is 0. The van der Waals surface area contributed by atoms with Crippen molar-refractivity contribution in [3.8, 4) is 5.75 Å². The second-order valence-corrected chi connectivity index (χ2v) is 5.22. The summed E-state index contributed by atoms with van der Waals surface area (Å²) in [7, 11) is 1.47. The zero-order chi connectivity index (χ0) is 15.5. The molecule has 0 aromatic carbocycles. The Morgan fingerprint density at radius 1 is 1.52 bits per heavy atom. The van der Waals surface area contributed by atoms with E-state index in [2.05, 4.69) is 4.98 Å². The van der Waals surface area contributed by atoms with Gasteiger partial charge < -0.3 is 14.7 Å². The number of methoxy groups -OCH3 is 1. The van der Waals surface area contributed by atoms with Gasteiger partial charge in [0, 0.05) is 12.7 Å². The van der Waals surface area contributed by atoms with E-state index in [-0.39, 0.29) is 5.91 Å². The Labute approximate surface area is 123 Å². The van der Waals surface area contributed by atoms with Gasteiger partial charge in [-0.3, -0.25) is 9.78 Å². The monoisotopic (exact) mass is 292 g/mol. The molecule has 114 valence electrons. The molecule has 0 spiro atoms. The number of hydrogen-bond donors (Lipinski definition) is 1. The maximum atomic E-state index is 12.8. The third-order valence-corrected chi connectivity index (χ3v) is 4.03. The highest BCUT2D eigenvalue weighted by Gasteiger charge is 2.49. The summed E-state index contributed by atoms with van der Waals surface area (Å²) in [6.07, 6.45) is 5.34. The van der Waals surface area contributed by atoms with Crippen LogP contribution in [0.3, 0.4) is 0 Å². The van der Waals surface area contributed by atoms with Gasteiger partial charge >= 0.3 is 5.97 Å². The Morgan fingerprint density at radius 2 is 2.29 bits per heavy atom. The minimum atomic E-state index is -1.10. The number of amides is 1. The van der Waals surface area contributed by atoms with Gasteiger partial charge in [-0.2, -0.15) is 0 Å². The molecule has 1 aliphatic heterocycles. The molecular formula is C15H20N2O4. The standard InChI is InChI=1S/C15H20N2O4/c1-3-6-15(14(19)20)7-4-9-17(15)13(18)11-5-8-16-10-12(11)21-2/h5,8,10H,3-4,6-7,9H2,1-2H3,(H,19,20). The van der Waals surface area contributed by atoms with Gasteiger partial charge in [-0.05, 0) is 25.3 Å². The lowest BCUT2D eigenvalue weighted by Gasteiger charge is -2.34. The topological polar surface area (TPSA) is 79.7 Å². The van der Waals surface area contributed by atoms with Crippen LogP contribution in [0.25, 0.3) is 0 Å². The quantitative estimate of drug-likeness (QED) is 0.897. The van der Waals surface area contributed by atoms with Crippen LogP contribution in [0.5, 0.6) is 5.75 Å². The first-order chi connectivity index (χ1) is 10.1. The molecule has 1 unspecified atom stereocenters. The van der Waals surface area contributed by atoms with E-state index in [9.17, 15) is 14.7 Å². The van der Waals surface area contributed by atoms with E-state index in [1.807, 2.05) is 6.92 Å². The van der Waals surface area contributed by atoms with Crippen LogP contribution in [-0.2, 0) is 4.79 Å². The summed E-state index contributed by atoms with van der Waals surface area (Å²) in [5.41, 5.74) is -0.740. The van der Waals surface area contributed by atoms with Gasteiger partial charge in [0.2, 0.25) is 0 Å². The first kappa shape index (κ1) is 15.3. The van der Waals surface area contributed by atoms with Gasteiger partial charge in [0.25, 0.3) is 5.91 Å². The van der Waals surface area contributed by atoms with E-state index in [0.717, 1.165) is 0 Å². The predicted octanol–water partition coefficient (Wildman–Crippen LogP) is 1.95. The van der Waals surface area contributed by atoms with Gasteiger partial charge in [-0.1, -0.05) is 13.3 Å². The molecule has 6 heteroatoms. The fourth-order valence-corrected chi connectivity index (χ4v) is 3.04. The van der Waals surface area contributed by atoms with Gasteiger partial charge in [-0.15, -0.1) is 0 Å². The number of aromatic nitrogens is 1. The highest BCUT2D eigenvalue weighted by Crippen LogP contribution is 2.36. The Kier molecular flexibility index (Phi) is 4.45. The molecule has 21 heavy (non-hydrogen) atoms. The Morgan fingerprint density at radius 3 is 2.90 bits per heavy atom. The Hall–Kier alpha value is -2.11. The van der Waals surface area contributed by atoms with Crippen LogP contribution < -0.4 is 4.74 Å². The van der Waals surface area contributed by atoms with Crippen molar-refractivity contribution in [3.63, 3.8) is 0 Å². The number of pyridine rings is 1. The molecule has 1 N–H and O–H groups in total. The zero-order valence-electron chi connectivity index (χ0n) is 12.3. The molecule has 1 aliphatic rings. The third-order valence-electron chi connectivity index (χ3n) is 4.03. The van der Waals surface area contributed by atoms with Crippen molar-refractivity contribution < 1.29 is 19.4 Å². The number of carbonyl (C=O) groups is 2. The minimum Gasteiger partial charge on any atom is -0.494 e. The number of carboxylic acid groups (broad SMARTS) is 1. The molecule has 1 saturated heterocycles. The number of carbonyl (C=O) groups excluding carboxylic acids is 1. The number of rotatable bonds is 5. The van der Waals surface area contributed by atoms with E-state index in [1.54, 1.807) is 6.07 Å². The molecule has 1 atom stereocenters. The number of hydrogen-bond acceptors (Lipinski definition) is 4. The molecule has 0 aliphatic carbocycles. The lowest BCUT2D eigenvalue weighted by atomic mass is 9.90. The van der Waals surface area contributed by atoms with Crippen LogP contribution >= 0.6 is 0 Å². The zero-order valence-corrected chi connectivity index (χ0v) is 12.3. The van der Waals surface area contributed by atoms with Gasteiger partial charge in [0.1, 0.15) is 11.3 Å². The molecule has 1 fully saturated rings. The van der Waals surface area contributed by atoms with Crippen molar-refractivity contribution in [3.05, 3.63) is 24.0 Å². The van der Waals surface area contributed by atoms with E-state index < -0.39 is 11.5 Å². The van der Waals surface area contributed by atoms with Crippen molar-refractivity contribution in [2.75, 3.05) is 13.7 Å². The maximum absolute atomic E-state index is 12.8. The molecule has 0 bridgehead atoms. The fourth-order valence-electron chi connectivity index (χ4n) is 3.04. The van der Waals surface area contributed by atoms with Crippen LogP contribution in [-0.4, -0.2) is 46.1 Å². The number of likely N-dealkylation sites (tertiary alicyclic amines) is 1. The summed E-state index contributed by atoms with van der Waals surface area (Å²) in [6, 6.07) is 1.57. The van der Waals surface area contributed by atoms with Gasteiger partial charge in [0.05, 0.1) is 18.9 Å². The molecular weight excluding hydrogens is 272 g/mol. The van der Waals surface area contributed by atoms with Crippen molar-refractivity contribution >= 4 is 11.9 Å². The van der Waals surface area contributed by atoms with Crippen LogP contribution in [0.1, 0.15) is 43.0 Å². The average molecular weight is 292 g/mol.